The van der Waals surface area contributed by atoms with Crippen molar-refractivity contribution in [2.24, 2.45) is 5.10 Å². The van der Waals surface area contributed by atoms with Crippen molar-refractivity contribution < 1.29 is 4.74 Å². The number of piperazine rings is 1. The Balaban J connectivity index is 1.43. The molecule has 0 bridgehead atoms. The van der Waals surface area contributed by atoms with E-state index in [0.717, 1.165) is 23.6 Å². The van der Waals surface area contributed by atoms with E-state index in [1.165, 1.54) is 0 Å². The lowest BCUT2D eigenvalue weighted by Gasteiger charge is -2.34. The fourth-order valence-corrected chi connectivity index (χ4v) is 2.87. The molecule has 2 aromatic carbocycles. The van der Waals surface area contributed by atoms with Gasteiger partial charge in [-0.2, -0.15) is 5.10 Å². The highest BCUT2D eigenvalue weighted by atomic mass is 16.5. The zero-order chi connectivity index (χ0) is 14.8. The minimum Gasteiger partial charge on any atom is -0.474 e. The molecule has 2 heterocycles. The molecule has 1 fully saturated rings. The summed E-state index contributed by atoms with van der Waals surface area (Å²) in [5.74, 6) is 0.863. The first-order chi connectivity index (χ1) is 10.9. The van der Waals surface area contributed by atoms with Gasteiger partial charge in [-0.1, -0.05) is 48.5 Å². The first-order valence-electron chi connectivity index (χ1n) is 7.50. The molecule has 0 amide bonds. The van der Waals surface area contributed by atoms with Crippen LogP contribution in [0.1, 0.15) is 5.56 Å². The molecule has 4 rings (SSSR count). The van der Waals surface area contributed by atoms with Gasteiger partial charge in [0, 0.05) is 6.54 Å². The van der Waals surface area contributed by atoms with E-state index in [-0.39, 0.29) is 18.4 Å². The molecule has 3 N–H and O–H groups in total. The fourth-order valence-electron chi connectivity index (χ4n) is 2.87. The van der Waals surface area contributed by atoms with Crippen LogP contribution in [0.5, 0.6) is 5.75 Å². The highest BCUT2D eigenvalue weighted by Gasteiger charge is 2.37. The Kier molecular flexibility index (Phi) is 3.50. The number of para-hydroxylation sites is 1. The molecule has 0 saturated carbocycles. The van der Waals surface area contributed by atoms with Crippen LogP contribution in [0.2, 0.25) is 0 Å². The van der Waals surface area contributed by atoms with Crippen LogP contribution in [-0.2, 0) is 0 Å². The molecule has 2 aliphatic heterocycles. The van der Waals surface area contributed by atoms with E-state index in [2.05, 4.69) is 33.3 Å². The van der Waals surface area contributed by atoms with Crippen molar-refractivity contribution in [3.63, 3.8) is 0 Å². The lowest BCUT2D eigenvalue weighted by atomic mass is 10.0. The number of nitrogens with one attached hydrogen (secondary N) is 3. The molecule has 2 aliphatic rings. The molecular formula is C17H18N4O. The van der Waals surface area contributed by atoms with Crippen LogP contribution in [0.25, 0.3) is 0 Å². The number of benzene rings is 2. The summed E-state index contributed by atoms with van der Waals surface area (Å²) in [6.07, 6.45) is -0.0425. The molecule has 3 unspecified atom stereocenters. The number of fused-ring (bicyclic) bond motifs is 1. The van der Waals surface area contributed by atoms with Crippen LogP contribution in [0.3, 0.4) is 0 Å². The molecule has 2 aromatic rings. The van der Waals surface area contributed by atoms with Crippen LogP contribution < -0.4 is 20.8 Å². The van der Waals surface area contributed by atoms with Crippen LogP contribution in [-0.4, -0.2) is 30.7 Å². The van der Waals surface area contributed by atoms with Crippen LogP contribution in [0.15, 0.2) is 65.8 Å². The highest BCUT2D eigenvalue weighted by Crippen LogP contribution is 2.17. The van der Waals surface area contributed by atoms with Gasteiger partial charge in [-0.3, -0.25) is 10.7 Å². The Morgan fingerprint density at radius 2 is 1.68 bits per heavy atom. The second-order valence-corrected chi connectivity index (χ2v) is 5.44. The average molecular weight is 294 g/mol. The molecule has 1 saturated heterocycles. The normalized spacial score (nSPS) is 26.7. The van der Waals surface area contributed by atoms with E-state index in [4.69, 9.17) is 4.74 Å². The number of rotatable bonds is 3. The van der Waals surface area contributed by atoms with E-state index >= 15 is 0 Å². The van der Waals surface area contributed by atoms with Crippen LogP contribution in [0, 0.1) is 0 Å². The third-order valence-electron chi connectivity index (χ3n) is 3.93. The molecule has 3 atom stereocenters. The monoisotopic (exact) mass is 294 g/mol. The Morgan fingerprint density at radius 3 is 2.45 bits per heavy atom. The van der Waals surface area contributed by atoms with Gasteiger partial charge in [-0.05, 0) is 17.7 Å². The lowest BCUT2D eigenvalue weighted by Crippen LogP contribution is -2.65. The van der Waals surface area contributed by atoms with Gasteiger partial charge >= 0.3 is 0 Å². The maximum Gasteiger partial charge on any atom is 0.164 e. The van der Waals surface area contributed by atoms with Crippen molar-refractivity contribution in [1.82, 2.24) is 16.1 Å². The second kappa shape index (κ2) is 5.79. The lowest BCUT2D eigenvalue weighted by molar-refractivity contribution is 0.107. The first kappa shape index (κ1) is 13.3. The molecule has 0 radical (unpaired) electrons. The van der Waals surface area contributed by atoms with Crippen LogP contribution >= 0.6 is 0 Å². The van der Waals surface area contributed by atoms with Gasteiger partial charge in [-0.15, -0.1) is 0 Å². The molecule has 0 spiro atoms. The maximum absolute atomic E-state index is 5.94. The largest absolute Gasteiger partial charge is 0.474 e. The maximum atomic E-state index is 5.94. The van der Waals surface area contributed by atoms with Crippen molar-refractivity contribution >= 4 is 5.71 Å². The Morgan fingerprint density at radius 1 is 0.955 bits per heavy atom. The Hall–Kier alpha value is -2.37. The zero-order valence-electron chi connectivity index (χ0n) is 12.1. The van der Waals surface area contributed by atoms with Crippen molar-refractivity contribution in [1.29, 1.82) is 0 Å². The van der Waals surface area contributed by atoms with Gasteiger partial charge in [0.2, 0.25) is 0 Å². The number of hydrogen-bond acceptors (Lipinski definition) is 5. The predicted octanol–water partition coefficient (Wildman–Crippen LogP) is 1.29. The summed E-state index contributed by atoms with van der Waals surface area (Å²) >= 11 is 0. The Bertz CT molecular complexity index is 659. The molecule has 22 heavy (non-hydrogen) atoms. The fraction of sp³-hybridized carbons (Fsp3) is 0.235. The zero-order valence-corrected chi connectivity index (χ0v) is 12.1. The molecule has 5 nitrogen and oxygen atoms in total. The van der Waals surface area contributed by atoms with E-state index in [1.807, 2.05) is 48.5 Å². The summed E-state index contributed by atoms with van der Waals surface area (Å²) in [5, 5.41) is 11.5. The summed E-state index contributed by atoms with van der Waals surface area (Å²) in [4.78, 5) is 0. The molecule has 0 aromatic heterocycles. The quantitative estimate of drug-likeness (QED) is 0.798. The number of ether oxygens (including phenoxy) is 1. The van der Waals surface area contributed by atoms with Gasteiger partial charge < -0.3 is 10.1 Å². The Labute approximate surface area is 129 Å². The number of hydrogen-bond donors (Lipinski definition) is 3. The second-order valence-electron chi connectivity index (χ2n) is 5.44. The molecular weight excluding hydrogens is 276 g/mol. The van der Waals surface area contributed by atoms with Crippen molar-refractivity contribution in [3.8, 4) is 5.75 Å². The molecule has 112 valence electrons. The number of nitrogens with zero attached hydrogens (tertiary/aromatic N) is 1. The molecule has 5 heteroatoms. The average Bonchev–Trinajstić information content (AvgIpc) is 3.00. The van der Waals surface area contributed by atoms with Crippen LogP contribution in [0.4, 0.5) is 0 Å². The summed E-state index contributed by atoms with van der Waals surface area (Å²) in [6.45, 7) is 0.726. The van der Waals surface area contributed by atoms with Gasteiger partial charge in [0.25, 0.3) is 0 Å². The minimum absolute atomic E-state index is 0.0395. The molecule has 0 aliphatic carbocycles. The first-order valence-corrected chi connectivity index (χ1v) is 7.50. The topological polar surface area (TPSA) is 57.7 Å². The number of hydrazone groups is 1. The van der Waals surface area contributed by atoms with Gasteiger partial charge in [-0.25, -0.2) is 0 Å². The summed E-state index contributed by atoms with van der Waals surface area (Å²) in [6, 6.07) is 20.2. The predicted molar refractivity (Wildman–Crippen MR) is 85.7 cm³/mol. The van der Waals surface area contributed by atoms with Gasteiger partial charge in [0.05, 0.1) is 11.8 Å². The van der Waals surface area contributed by atoms with Crippen molar-refractivity contribution in [2.75, 3.05) is 6.54 Å². The highest BCUT2D eigenvalue weighted by molar-refractivity contribution is 6.05. The standard InChI is InChI=1S/C17H18N4O/c1-3-7-12(8-4-1)15-16-17(21-20-15)19-14(11-18-16)22-13-9-5-2-6-10-13/h1-10,14,16-19,21H,11H2. The van der Waals surface area contributed by atoms with Gasteiger partial charge in [0.1, 0.15) is 11.9 Å². The van der Waals surface area contributed by atoms with Crippen molar-refractivity contribution in [2.45, 2.75) is 18.4 Å². The third-order valence-corrected chi connectivity index (χ3v) is 3.93. The van der Waals surface area contributed by atoms with E-state index < -0.39 is 0 Å². The smallest absolute Gasteiger partial charge is 0.164 e. The SMILES string of the molecule is c1ccc(OC2CNC3C(c4ccccc4)=NNC3N2)cc1. The van der Waals surface area contributed by atoms with E-state index in [1.54, 1.807) is 0 Å². The van der Waals surface area contributed by atoms with E-state index in [0.29, 0.717) is 0 Å². The summed E-state index contributed by atoms with van der Waals surface area (Å²) in [7, 11) is 0. The summed E-state index contributed by atoms with van der Waals surface area (Å²) in [5.41, 5.74) is 5.33. The third kappa shape index (κ3) is 2.56. The summed E-state index contributed by atoms with van der Waals surface area (Å²) < 4.78 is 5.94. The van der Waals surface area contributed by atoms with Crippen molar-refractivity contribution in [3.05, 3.63) is 66.2 Å². The van der Waals surface area contributed by atoms with E-state index in [9.17, 15) is 0 Å². The van der Waals surface area contributed by atoms with Gasteiger partial charge in [0.15, 0.2) is 6.23 Å². The minimum atomic E-state index is -0.0820.